The Morgan fingerprint density at radius 1 is 1.24 bits per heavy atom. The van der Waals surface area contributed by atoms with Crippen LogP contribution in [0, 0.1) is 5.92 Å². The Bertz CT molecular complexity index is 944. The zero-order chi connectivity index (χ0) is 17.8. The minimum Gasteiger partial charge on any atom is -0.480 e. The van der Waals surface area contributed by atoms with Crippen LogP contribution in [0.25, 0.3) is 11.0 Å². The summed E-state index contributed by atoms with van der Waals surface area (Å²) in [5.41, 5.74) is 0.171. The fraction of sp³-hybridized carbons (Fsp3) is 0.533. The number of hydrogen-bond acceptors (Lipinski definition) is 6. The third-order valence-electron chi connectivity index (χ3n) is 5.20. The largest absolute Gasteiger partial charge is 0.480 e. The first kappa shape index (κ1) is 16.7. The predicted octanol–water partition coefficient (Wildman–Crippen LogP) is 2.28. The van der Waals surface area contributed by atoms with Gasteiger partial charge in [-0.1, -0.05) is 24.4 Å². The van der Waals surface area contributed by atoms with Gasteiger partial charge in [0, 0.05) is 6.04 Å². The van der Waals surface area contributed by atoms with Crippen molar-refractivity contribution in [2.75, 3.05) is 0 Å². The normalized spacial score (nSPS) is 27.5. The third kappa shape index (κ3) is 2.52. The summed E-state index contributed by atoms with van der Waals surface area (Å²) in [6.45, 7) is 0. The lowest BCUT2D eigenvalue weighted by atomic mass is 9.85. The van der Waals surface area contributed by atoms with Crippen LogP contribution in [0.3, 0.4) is 0 Å². The zero-order valence-electron chi connectivity index (χ0n) is 13.1. The van der Waals surface area contributed by atoms with Crippen LogP contribution in [-0.4, -0.2) is 46.2 Å². The van der Waals surface area contributed by atoms with E-state index in [4.69, 9.17) is 11.6 Å². The molecule has 1 saturated heterocycles. The molecule has 134 valence electrons. The number of carboxylic acids is 1. The highest BCUT2D eigenvalue weighted by molar-refractivity contribution is 7.89. The highest BCUT2D eigenvalue weighted by Crippen LogP contribution is 2.43. The summed E-state index contributed by atoms with van der Waals surface area (Å²) in [5.74, 6) is -1.05. The number of carboxylic acid groups (broad SMARTS) is 1. The Morgan fingerprint density at radius 3 is 2.72 bits per heavy atom. The molecule has 4 rings (SSSR count). The number of hydrogen-bond donors (Lipinski definition) is 1. The van der Waals surface area contributed by atoms with Gasteiger partial charge in [0.1, 0.15) is 10.9 Å². The smallest absolute Gasteiger partial charge is 0.322 e. The standard InChI is InChI=1S/C15H16ClN3O5S/c16-9-5-6-12(14-13(9)17-24-18-14)25(22,23)19-10-4-2-1-3-8(10)7-11(19)15(20)21/h5-6,8,10-11H,1-4,7H2,(H,20,21). The van der Waals surface area contributed by atoms with Crippen LogP contribution >= 0.6 is 11.6 Å². The monoisotopic (exact) mass is 385 g/mol. The number of fused-ring (bicyclic) bond motifs is 2. The lowest BCUT2D eigenvalue weighted by molar-refractivity contribution is -0.141. The Kier molecular flexibility index (Phi) is 3.97. The summed E-state index contributed by atoms with van der Waals surface area (Å²) in [4.78, 5) is 11.6. The highest BCUT2D eigenvalue weighted by atomic mass is 35.5. The van der Waals surface area contributed by atoms with Gasteiger partial charge >= 0.3 is 5.97 Å². The van der Waals surface area contributed by atoms with Gasteiger partial charge in [0.15, 0.2) is 11.0 Å². The molecule has 8 nitrogen and oxygen atoms in total. The first-order valence-corrected chi connectivity index (χ1v) is 9.90. The molecule has 1 saturated carbocycles. The highest BCUT2D eigenvalue weighted by Gasteiger charge is 2.51. The second kappa shape index (κ2) is 5.93. The van der Waals surface area contributed by atoms with Gasteiger partial charge in [-0.15, -0.1) is 0 Å². The summed E-state index contributed by atoms with van der Waals surface area (Å²) >= 11 is 6.00. The van der Waals surface area contributed by atoms with Crippen LogP contribution in [0.15, 0.2) is 21.7 Å². The van der Waals surface area contributed by atoms with Gasteiger partial charge < -0.3 is 5.11 Å². The fourth-order valence-corrected chi connectivity index (χ4v) is 6.29. The number of aliphatic carboxylic acids is 1. The molecule has 0 bridgehead atoms. The molecule has 0 radical (unpaired) electrons. The molecule has 1 aromatic carbocycles. The Hall–Kier alpha value is -1.71. The predicted molar refractivity (Wildman–Crippen MR) is 87.6 cm³/mol. The molecular formula is C15H16ClN3O5S. The molecule has 3 unspecified atom stereocenters. The van der Waals surface area contributed by atoms with Crippen LogP contribution in [-0.2, 0) is 14.8 Å². The van der Waals surface area contributed by atoms with Gasteiger partial charge in [0.05, 0.1) is 5.02 Å². The molecule has 1 N–H and O–H groups in total. The summed E-state index contributed by atoms with van der Waals surface area (Å²) in [7, 11) is -4.09. The molecule has 2 aliphatic rings. The lowest BCUT2D eigenvalue weighted by Crippen LogP contribution is -2.46. The average Bonchev–Trinajstić information content (AvgIpc) is 3.20. The van der Waals surface area contributed by atoms with Crippen molar-refractivity contribution in [3.63, 3.8) is 0 Å². The SMILES string of the molecule is O=C(O)C1CC2CCCCC2N1S(=O)(=O)c1ccc(Cl)c2nonc12. The molecular weight excluding hydrogens is 370 g/mol. The van der Waals surface area contributed by atoms with Gasteiger partial charge in [-0.3, -0.25) is 4.79 Å². The maximum atomic E-state index is 13.3. The number of carbonyl (C=O) groups is 1. The number of halogens is 1. The molecule has 0 spiro atoms. The quantitative estimate of drug-likeness (QED) is 0.861. The zero-order valence-corrected chi connectivity index (χ0v) is 14.7. The summed E-state index contributed by atoms with van der Waals surface area (Å²) < 4.78 is 32.5. The molecule has 25 heavy (non-hydrogen) atoms. The number of benzene rings is 1. The molecule has 10 heteroatoms. The molecule has 1 aromatic heterocycles. The first-order chi connectivity index (χ1) is 11.9. The van der Waals surface area contributed by atoms with Gasteiger partial charge in [-0.2, -0.15) is 4.31 Å². The Labute approximate surface area is 148 Å². The summed E-state index contributed by atoms with van der Waals surface area (Å²) in [6.07, 6.45) is 3.75. The molecule has 2 fully saturated rings. The molecule has 0 amide bonds. The Balaban J connectivity index is 1.86. The minimum atomic E-state index is -4.09. The van der Waals surface area contributed by atoms with Crippen molar-refractivity contribution in [1.29, 1.82) is 0 Å². The molecule has 2 aromatic rings. The van der Waals surface area contributed by atoms with Crippen molar-refractivity contribution in [3.05, 3.63) is 17.2 Å². The van der Waals surface area contributed by atoms with Crippen molar-refractivity contribution in [2.45, 2.75) is 49.1 Å². The second-order valence-electron chi connectivity index (χ2n) is 6.54. The van der Waals surface area contributed by atoms with Crippen molar-refractivity contribution >= 4 is 38.6 Å². The van der Waals surface area contributed by atoms with E-state index in [2.05, 4.69) is 14.9 Å². The van der Waals surface area contributed by atoms with E-state index < -0.39 is 22.0 Å². The van der Waals surface area contributed by atoms with E-state index in [9.17, 15) is 18.3 Å². The summed E-state index contributed by atoms with van der Waals surface area (Å²) in [6, 6.07) is 1.37. The molecule has 1 aliphatic carbocycles. The maximum absolute atomic E-state index is 13.3. The fourth-order valence-electron chi connectivity index (χ4n) is 4.11. The van der Waals surface area contributed by atoms with Gasteiger partial charge in [-0.05, 0) is 47.6 Å². The average molecular weight is 386 g/mol. The van der Waals surface area contributed by atoms with E-state index in [0.29, 0.717) is 12.8 Å². The van der Waals surface area contributed by atoms with Crippen LogP contribution < -0.4 is 0 Å². The van der Waals surface area contributed by atoms with Crippen molar-refractivity contribution in [1.82, 2.24) is 14.6 Å². The number of nitrogens with zero attached hydrogens (tertiary/aromatic N) is 3. The lowest BCUT2D eigenvalue weighted by Gasteiger charge is -2.32. The third-order valence-corrected chi connectivity index (χ3v) is 7.47. The van der Waals surface area contributed by atoms with E-state index in [-0.39, 0.29) is 32.9 Å². The topological polar surface area (TPSA) is 114 Å². The molecule has 3 atom stereocenters. The van der Waals surface area contributed by atoms with Crippen molar-refractivity contribution in [3.8, 4) is 0 Å². The molecule has 1 aliphatic heterocycles. The number of aromatic nitrogens is 2. The van der Waals surface area contributed by atoms with E-state index in [1.54, 1.807) is 0 Å². The van der Waals surface area contributed by atoms with E-state index in [1.165, 1.54) is 12.1 Å². The van der Waals surface area contributed by atoms with Gasteiger partial charge in [-0.25, -0.2) is 13.0 Å². The van der Waals surface area contributed by atoms with Gasteiger partial charge in [0.25, 0.3) is 0 Å². The van der Waals surface area contributed by atoms with Crippen LogP contribution in [0.4, 0.5) is 0 Å². The van der Waals surface area contributed by atoms with Crippen LogP contribution in [0.1, 0.15) is 32.1 Å². The van der Waals surface area contributed by atoms with Crippen molar-refractivity contribution < 1.29 is 22.9 Å². The first-order valence-electron chi connectivity index (χ1n) is 8.08. The molecule has 2 heterocycles. The van der Waals surface area contributed by atoms with Crippen LogP contribution in [0.5, 0.6) is 0 Å². The van der Waals surface area contributed by atoms with Gasteiger partial charge in [0.2, 0.25) is 10.0 Å². The Morgan fingerprint density at radius 2 is 1.96 bits per heavy atom. The number of sulfonamides is 1. The van der Waals surface area contributed by atoms with Crippen molar-refractivity contribution in [2.24, 2.45) is 5.92 Å². The number of rotatable bonds is 3. The van der Waals surface area contributed by atoms with E-state index in [0.717, 1.165) is 23.6 Å². The maximum Gasteiger partial charge on any atom is 0.322 e. The van der Waals surface area contributed by atoms with E-state index >= 15 is 0 Å². The van der Waals surface area contributed by atoms with E-state index in [1.807, 2.05) is 0 Å². The van der Waals surface area contributed by atoms with Crippen LogP contribution in [0.2, 0.25) is 5.02 Å². The second-order valence-corrected chi connectivity index (χ2v) is 8.76. The minimum absolute atomic E-state index is 0.0240. The summed E-state index contributed by atoms with van der Waals surface area (Å²) in [5, 5.41) is 17.1.